The zero-order chi connectivity index (χ0) is 14.8. The summed E-state index contributed by atoms with van der Waals surface area (Å²) < 4.78 is 0. The molecule has 0 saturated heterocycles. The van der Waals surface area contributed by atoms with Crippen LogP contribution >= 0.6 is 0 Å². The van der Waals surface area contributed by atoms with Crippen molar-refractivity contribution >= 4 is 17.4 Å². The van der Waals surface area contributed by atoms with Gasteiger partial charge in [0, 0.05) is 12.6 Å². The summed E-state index contributed by atoms with van der Waals surface area (Å²) in [6.07, 6.45) is 4.95. The van der Waals surface area contributed by atoms with E-state index in [-0.39, 0.29) is 22.6 Å². The van der Waals surface area contributed by atoms with Crippen LogP contribution in [0.5, 0.6) is 0 Å². The molecule has 1 saturated carbocycles. The summed E-state index contributed by atoms with van der Waals surface area (Å²) in [5, 5.41) is 13.9. The normalized spacial score (nSPS) is 16.9. The Morgan fingerprint density at radius 1 is 1.50 bits per heavy atom. The summed E-state index contributed by atoms with van der Waals surface area (Å²) in [6.45, 7) is 0.407. The molecule has 0 aromatic carbocycles. The van der Waals surface area contributed by atoms with Gasteiger partial charge in [0.1, 0.15) is 12.0 Å². The Balaban J connectivity index is 2.35. The quantitative estimate of drug-likeness (QED) is 0.537. The van der Waals surface area contributed by atoms with Crippen LogP contribution in [0.15, 0.2) is 12.3 Å². The SMILES string of the molecule is NCC1(Nc2ncc([N+](=O)[O-])cc2C(N)=O)CCCC1. The molecule has 0 radical (unpaired) electrons. The summed E-state index contributed by atoms with van der Waals surface area (Å²) in [4.78, 5) is 25.5. The monoisotopic (exact) mass is 279 g/mol. The molecule has 1 heterocycles. The van der Waals surface area contributed by atoms with Crippen molar-refractivity contribution in [1.29, 1.82) is 0 Å². The Kier molecular flexibility index (Phi) is 3.84. The first-order chi connectivity index (χ1) is 9.47. The number of pyridine rings is 1. The minimum atomic E-state index is -0.756. The van der Waals surface area contributed by atoms with Crippen LogP contribution in [0.25, 0.3) is 0 Å². The number of aromatic nitrogens is 1. The Bertz CT molecular complexity index is 540. The molecular formula is C12H17N5O3. The maximum atomic E-state index is 11.5. The van der Waals surface area contributed by atoms with Gasteiger partial charge in [0.15, 0.2) is 0 Å². The highest BCUT2D eigenvalue weighted by Gasteiger charge is 2.33. The third-order valence-corrected chi connectivity index (χ3v) is 3.68. The van der Waals surface area contributed by atoms with E-state index < -0.39 is 10.8 Å². The molecule has 20 heavy (non-hydrogen) atoms. The molecule has 0 atom stereocenters. The van der Waals surface area contributed by atoms with Gasteiger partial charge >= 0.3 is 0 Å². The number of nitrogens with two attached hydrogens (primary N) is 2. The average Bonchev–Trinajstić information content (AvgIpc) is 2.88. The molecule has 8 nitrogen and oxygen atoms in total. The third kappa shape index (κ3) is 2.69. The Hall–Kier alpha value is -2.22. The van der Waals surface area contributed by atoms with Crippen LogP contribution in [0.3, 0.4) is 0 Å². The number of nitrogens with zero attached hydrogens (tertiary/aromatic N) is 2. The number of amides is 1. The van der Waals surface area contributed by atoms with E-state index in [4.69, 9.17) is 11.5 Å². The number of hydrogen-bond donors (Lipinski definition) is 3. The van der Waals surface area contributed by atoms with Crippen LogP contribution in [0, 0.1) is 10.1 Å². The number of carbonyl (C=O) groups excluding carboxylic acids is 1. The lowest BCUT2D eigenvalue weighted by Crippen LogP contribution is -2.43. The number of nitrogens with one attached hydrogen (secondary N) is 1. The molecule has 1 aliphatic rings. The Morgan fingerprint density at radius 3 is 2.65 bits per heavy atom. The van der Waals surface area contributed by atoms with Crippen molar-refractivity contribution in [3.8, 4) is 0 Å². The van der Waals surface area contributed by atoms with E-state index in [2.05, 4.69) is 10.3 Å². The van der Waals surface area contributed by atoms with E-state index in [0.29, 0.717) is 6.54 Å². The van der Waals surface area contributed by atoms with Gasteiger partial charge in [0.25, 0.3) is 11.6 Å². The van der Waals surface area contributed by atoms with E-state index in [9.17, 15) is 14.9 Å². The van der Waals surface area contributed by atoms with E-state index in [1.165, 1.54) is 0 Å². The van der Waals surface area contributed by atoms with E-state index >= 15 is 0 Å². The van der Waals surface area contributed by atoms with Gasteiger partial charge in [-0.15, -0.1) is 0 Å². The summed E-state index contributed by atoms with van der Waals surface area (Å²) in [5.74, 6) is -0.496. The predicted molar refractivity (Wildman–Crippen MR) is 73.3 cm³/mol. The summed E-state index contributed by atoms with van der Waals surface area (Å²) in [5.41, 5.74) is 10.5. The van der Waals surface area contributed by atoms with E-state index in [1.807, 2.05) is 0 Å². The Morgan fingerprint density at radius 2 is 2.15 bits per heavy atom. The largest absolute Gasteiger partial charge is 0.365 e. The van der Waals surface area contributed by atoms with Crippen LogP contribution in [-0.2, 0) is 0 Å². The summed E-state index contributed by atoms with van der Waals surface area (Å²) in [6, 6.07) is 1.14. The van der Waals surface area contributed by atoms with Crippen molar-refractivity contribution in [3.05, 3.63) is 27.9 Å². The fourth-order valence-corrected chi connectivity index (χ4v) is 2.52. The smallest absolute Gasteiger partial charge is 0.288 e. The molecule has 0 aliphatic heterocycles. The number of anilines is 1. The van der Waals surface area contributed by atoms with Crippen LogP contribution in [0.1, 0.15) is 36.0 Å². The second kappa shape index (κ2) is 5.41. The molecule has 1 amide bonds. The zero-order valence-corrected chi connectivity index (χ0v) is 11.0. The average molecular weight is 279 g/mol. The van der Waals surface area contributed by atoms with Crippen molar-refractivity contribution in [2.24, 2.45) is 11.5 Å². The van der Waals surface area contributed by atoms with Gasteiger partial charge in [-0.25, -0.2) is 4.98 Å². The number of carbonyl (C=O) groups is 1. The highest BCUT2D eigenvalue weighted by Crippen LogP contribution is 2.33. The second-order valence-corrected chi connectivity index (χ2v) is 5.03. The van der Waals surface area contributed by atoms with Crippen LogP contribution < -0.4 is 16.8 Å². The molecule has 0 bridgehead atoms. The molecule has 1 aromatic rings. The molecule has 108 valence electrons. The van der Waals surface area contributed by atoms with Crippen molar-refractivity contribution < 1.29 is 9.72 Å². The summed E-state index contributed by atoms with van der Waals surface area (Å²) >= 11 is 0. The number of rotatable bonds is 5. The molecule has 0 spiro atoms. The maximum absolute atomic E-state index is 11.5. The minimum absolute atomic E-state index is 0.0129. The lowest BCUT2D eigenvalue weighted by Gasteiger charge is -2.29. The van der Waals surface area contributed by atoms with Crippen LogP contribution in [0.4, 0.5) is 11.5 Å². The molecular weight excluding hydrogens is 262 g/mol. The number of hydrogen-bond acceptors (Lipinski definition) is 6. The molecule has 0 unspecified atom stereocenters. The first-order valence-corrected chi connectivity index (χ1v) is 6.40. The number of primary amides is 1. The van der Waals surface area contributed by atoms with Gasteiger partial charge in [-0.1, -0.05) is 12.8 Å². The Labute approximate surface area is 115 Å². The minimum Gasteiger partial charge on any atom is -0.365 e. The van der Waals surface area contributed by atoms with Crippen molar-refractivity contribution in [1.82, 2.24) is 4.98 Å². The molecule has 5 N–H and O–H groups in total. The predicted octanol–water partition coefficient (Wildman–Crippen LogP) is 0.772. The van der Waals surface area contributed by atoms with Crippen molar-refractivity contribution in [2.75, 3.05) is 11.9 Å². The standard InChI is InChI=1S/C12H17N5O3/c13-7-12(3-1-2-4-12)16-11-9(10(14)18)5-8(6-15-11)17(19)20/h5-6H,1-4,7,13H2,(H2,14,18)(H,15,16). The first kappa shape index (κ1) is 14.2. The van der Waals surface area contributed by atoms with Crippen LogP contribution in [0.2, 0.25) is 0 Å². The number of nitro groups is 1. The van der Waals surface area contributed by atoms with Gasteiger partial charge in [-0.2, -0.15) is 0 Å². The molecule has 8 heteroatoms. The zero-order valence-electron chi connectivity index (χ0n) is 11.0. The second-order valence-electron chi connectivity index (χ2n) is 5.03. The van der Waals surface area contributed by atoms with Gasteiger partial charge in [-0.3, -0.25) is 14.9 Å². The van der Waals surface area contributed by atoms with Crippen molar-refractivity contribution in [3.63, 3.8) is 0 Å². The van der Waals surface area contributed by atoms with Gasteiger partial charge in [0.2, 0.25) is 0 Å². The lowest BCUT2D eigenvalue weighted by atomic mass is 9.97. The molecule has 1 aliphatic carbocycles. The van der Waals surface area contributed by atoms with Gasteiger partial charge in [-0.05, 0) is 12.8 Å². The molecule has 1 fully saturated rings. The highest BCUT2D eigenvalue weighted by molar-refractivity contribution is 5.98. The van der Waals surface area contributed by atoms with Gasteiger partial charge < -0.3 is 16.8 Å². The topological polar surface area (TPSA) is 137 Å². The van der Waals surface area contributed by atoms with Gasteiger partial charge in [0.05, 0.1) is 16.0 Å². The first-order valence-electron chi connectivity index (χ1n) is 6.40. The fraction of sp³-hybridized carbons (Fsp3) is 0.500. The summed E-state index contributed by atoms with van der Waals surface area (Å²) in [7, 11) is 0. The third-order valence-electron chi connectivity index (χ3n) is 3.68. The highest BCUT2D eigenvalue weighted by atomic mass is 16.6. The van der Waals surface area contributed by atoms with Crippen molar-refractivity contribution in [2.45, 2.75) is 31.2 Å². The molecule has 1 aromatic heterocycles. The van der Waals surface area contributed by atoms with Crippen LogP contribution in [-0.4, -0.2) is 27.9 Å². The van der Waals surface area contributed by atoms with E-state index in [1.54, 1.807) is 0 Å². The van der Waals surface area contributed by atoms with E-state index in [0.717, 1.165) is 37.9 Å². The molecule has 2 rings (SSSR count). The maximum Gasteiger partial charge on any atom is 0.288 e. The lowest BCUT2D eigenvalue weighted by molar-refractivity contribution is -0.385. The fourth-order valence-electron chi connectivity index (χ4n) is 2.52.